The van der Waals surface area contributed by atoms with Crippen LogP contribution in [0.1, 0.15) is 46.5 Å². The highest BCUT2D eigenvalue weighted by Gasteiger charge is 2.48. The zero-order valence-corrected chi connectivity index (χ0v) is 11.8. The SMILES string of the molecule is CC(C)(C)OC(=O)NC(C(=O)O)C(C1CC1)C1CC1. The number of carbonyl (C=O) groups excluding carboxylic acids is 1. The summed E-state index contributed by atoms with van der Waals surface area (Å²) in [6.45, 7) is 5.30. The van der Waals surface area contributed by atoms with Gasteiger partial charge < -0.3 is 15.2 Å². The molecule has 19 heavy (non-hydrogen) atoms. The number of ether oxygens (including phenoxy) is 1. The van der Waals surface area contributed by atoms with Crippen molar-refractivity contribution in [2.24, 2.45) is 17.8 Å². The predicted molar refractivity (Wildman–Crippen MR) is 69.7 cm³/mol. The van der Waals surface area contributed by atoms with E-state index in [4.69, 9.17) is 4.74 Å². The second-order valence-electron chi connectivity index (χ2n) is 6.71. The van der Waals surface area contributed by atoms with E-state index in [9.17, 15) is 14.7 Å². The second-order valence-corrected chi connectivity index (χ2v) is 6.71. The van der Waals surface area contributed by atoms with Crippen molar-refractivity contribution in [2.45, 2.75) is 58.1 Å². The minimum absolute atomic E-state index is 0.0741. The largest absolute Gasteiger partial charge is 0.480 e. The number of rotatable bonds is 5. The van der Waals surface area contributed by atoms with Crippen LogP contribution in [-0.4, -0.2) is 28.8 Å². The van der Waals surface area contributed by atoms with E-state index in [0.717, 1.165) is 25.7 Å². The maximum atomic E-state index is 11.8. The van der Waals surface area contributed by atoms with Gasteiger partial charge in [0.15, 0.2) is 0 Å². The third-order valence-corrected chi connectivity index (χ3v) is 3.66. The minimum atomic E-state index is -0.949. The van der Waals surface area contributed by atoms with Crippen LogP contribution in [0, 0.1) is 17.8 Å². The first-order chi connectivity index (χ1) is 8.78. The maximum absolute atomic E-state index is 11.8. The lowest BCUT2D eigenvalue weighted by molar-refractivity contribution is -0.141. The zero-order chi connectivity index (χ0) is 14.2. The molecule has 2 N–H and O–H groups in total. The Bertz CT molecular complexity index is 354. The molecule has 0 spiro atoms. The van der Waals surface area contributed by atoms with Crippen LogP contribution in [0.3, 0.4) is 0 Å². The molecule has 0 aromatic rings. The highest BCUT2D eigenvalue weighted by Crippen LogP contribution is 2.50. The van der Waals surface area contributed by atoms with Gasteiger partial charge in [-0.25, -0.2) is 9.59 Å². The van der Waals surface area contributed by atoms with Crippen molar-refractivity contribution in [3.63, 3.8) is 0 Å². The first kappa shape index (κ1) is 14.2. The third kappa shape index (κ3) is 4.11. The third-order valence-electron chi connectivity index (χ3n) is 3.66. The van der Waals surface area contributed by atoms with Crippen LogP contribution in [0.2, 0.25) is 0 Å². The van der Waals surface area contributed by atoms with Crippen LogP contribution < -0.4 is 5.32 Å². The number of alkyl carbamates (subject to hydrolysis) is 1. The van der Waals surface area contributed by atoms with Gasteiger partial charge in [-0.3, -0.25) is 0 Å². The van der Waals surface area contributed by atoms with Crippen LogP contribution in [-0.2, 0) is 9.53 Å². The maximum Gasteiger partial charge on any atom is 0.408 e. The Morgan fingerprint density at radius 2 is 1.63 bits per heavy atom. The predicted octanol–water partition coefficient (Wildman–Crippen LogP) is 2.40. The monoisotopic (exact) mass is 269 g/mol. The van der Waals surface area contributed by atoms with Crippen molar-refractivity contribution < 1.29 is 19.4 Å². The molecular formula is C14H23NO4. The molecule has 0 heterocycles. The molecule has 2 fully saturated rings. The molecular weight excluding hydrogens is 246 g/mol. The number of carboxylic acids is 1. The fraction of sp³-hybridized carbons (Fsp3) is 0.857. The molecule has 108 valence electrons. The summed E-state index contributed by atoms with van der Waals surface area (Å²) < 4.78 is 5.16. The van der Waals surface area contributed by atoms with E-state index >= 15 is 0 Å². The summed E-state index contributed by atoms with van der Waals surface area (Å²) in [5.41, 5.74) is -0.609. The van der Waals surface area contributed by atoms with Gasteiger partial charge >= 0.3 is 12.1 Å². The number of hydrogen-bond donors (Lipinski definition) is 2. The van der Waals surface area contributed by atoms with E-state index in [1.165, 1.54) is 0 Å². The highest BCUT2D eigenvalue weighted by atomic mass is 16.6. The Hall–Kier alpha value is -1.26. The van der Waals surface area contributed by atoms with E-state index in [0.29, 0.717) is 11.8 Å². The standard InChI is InChI=1S/C14H23NO4/c1-14(2,3)19-13(18)15-11(12(16)17)10(8-4-5-8)9-6-7-9/h8-11H,4-7H2,1-3H3,(H,15,18)(H,16,17). The number of aliphatic carboxylic acids is 1. The number of nitrogens with one attached hydrogen (secondary N) is 1. The molecule has 0 bridgehead atoms. The highest BCUT2D eigenvalue weighted by molar-refractivity contribution is 5.80. The van der Waals surface area contributed by atoms with E-state index < -0.39 is 23.7 Å². The number of hydrogen-bond acceptors (Lipinski definition) is 3. The molecule has 5 nitrogen and oxygen atoms in total. The molecule has 5 heteroatoms. The summed E-state index contributed by atoms with van der Waals surface area (Å²) in [7, 11) is 0. The van der Waals surface area contributed by atoms with Crippen molar-refractivity contribution in [1.82, 2.24) is 5.32 Å². The molecule has 0 saturated heterocycles. The Morgan fingerprint density at radius 1 is 1.16 bits per heavy atom. The van der Waals surface area contributed by atoms with Gasteiger partial charge in [0.1, 0.15) is 11.6 Å². The summed E-state index contributed by atoms with van der Waals surface area (Å²) in [4.78, 5) is 23.2. The molecule has 0 radical (unpaired) electrons. The minimum Gasteiger partial charge on any atom is -0.480 e. The lowest BCUT2D eigenvalue weighted by atomic mass is 9.89. The Kier molecular flexibility index (Phi) is 3.74. The van der Waals surface area contributed by atoms with Gasteiger partial charge in [0.2, 0.25) is 0 Å². The van der Waals surface area contributed by atoms with E-state index in [-0.39, 0.29) is 5.92 Å². The van der Waals surface area contributed by atoms with Gasteiger partial charge in [0, 0.05) is 0 Å². The molecule has 2 aliphatic rings. The van der Waals surface area contributed by atoms with Crippen molar-refractivity contribution in [3.8, 4) is 0 Å². The van der Waals surface area contributed by atoms with Crippen LogP contribution in [0.4, 0.5) is 4.79 Å². The average molecular weight is 269 g/mol. The van der Waals surface area contributed by atoms with Gasteiger partial charge in [-0.2, -0.15) is 0 Å². The summed E-state index contributed by atoms with van der Waals surface area (Å²) in [5.74, 6) is 0.0479. The zero-order valence-electron chi connectivity index (χ0n) is 11.8. The summed E-state index contributed by atoms with van der Waals surface area (Å²) in [6, 6.07) is -0.810. The van der Waals surface area contributed by atoms with Gasteiger partial charge in [-0.15, -0.1) is 0 Å². The lowest BCUT2D eigenvalue weighted by Gasteiger charge is -2.27. The van der Waals surface area contributed by atoms with Gasteiger partial charge in [0.05, 0.1) is 0 Å². The van der Waals surface area contributed by atoms with Crippen molar-refractivity contribution in [3.05, 3.63) is 0 Å². The summed E-state index contributed by atoms with van der Waals surface area (Å²) in [5, 5.41) is 11.9. The molecule has 2 aliphatic carbocycles. The first-order valence-electron chi connectivity index (χ1n) is 7.00. The normalized spacial score (nSPS) is 21.1. The topological polar surface area (TPSA) is 75.6 Å². The summed E-state index contributed by atoms with van der Waals surface area (Å²) >= 11 is 0. The Balaban J connectivity index is 1.99. The van der Waals surface area contributed by atoms with Crippen molar-refractivity contribution >= 4 is 12.1 Å². The Labute approximate surface area is 113 Å². The van der Waals surface area contributed by atoms with E-state index in [2.05, 4.69) is 5.32 Å². The average Bonchev–Trinajstić information content (AvgIpc) is 3.09. The summed E-state index contributed by atoms with van der Waals surface area (Å²) in [6.07, 6.45) is 3.70. The smallest absolute Gasteiger partial charge is 0.408 e. The number of carbonyl (C=O) groups is 2. The molecule has 0 aromatic carbocycles. The fourth-order valence-corrected chi connectivity index (χ4v) is 2.65. The first-order valence-corrected chi connectivity index (χ1v) is 7.00. The quantitative estimate of drug-likeness (QED) is 0.803. The molecule has 2 saturated carbocycles. The van der Waals surface area contributed by atoms with Crippen LogP contribution in [0.25, 0.3) is 0 Å². The molecule has 2 rings (SSSR count). The number of amides is 1. The van der Waals surface area contributed by atoms with Gasteiger partial charge in [-0.1, -0.05) is 0 Å². The second kappa shape index (κ2) is 5.02. The Morgan fingerprint density at radius 3 is 1.95 bits per heavy atom. The fourth-order valence-electron chi connectivity index (χ4n) is 2.65. The molecule has 1 atom stereocenters. The number of carboxylic acid groups (broad SMARTS) is 1. The molecule has 1 unspecified atom stereocenters. The van der Waals surface area contributed by atoms with E-state index in [1.54, 1.807) is 20.8 Å². The van der Waals surface area contributed by atoms with E-state index in [1.807, 2.05) is 0 Å². The van der Waals surface area contributed by atoms with Crippen LogP contribution in [0.5, 0.6) is 0 Å². The van der Waals surface area contributed by atoms with Crippen LogP contribution >= 0.6 is 0 Å². The molecule has 0 aliphatic heterocycles. The van der Waals surface area contributed by atoms with Crippen molar-refractivity contribution in [1.29, 1.82) is 0 Å². The molecule has 1 amide bonds. The lowest BCUT2D eigenvalue weighted by Crippen LogP contribution is -2.49. The van der Waals surface area contributed by atoms with Gasteiger partial charge in [0.25, 0.3) is 0 Å². The molecule has 0 aromatic heterocycles. The van der Waals surface area contributed by atoms with Crippen molar-refractivity contribution in [2.75, 3.05) is 0 Å². The van der Waals surface area contributed by atoms with Crippen LogP contribution in [0.15, 0.2) is 0 Å². The van der Waals surface area contributed by atoms with Gasteiger partial charge in [-0.05, 0) is 64.2 Å².